The smallest absolute Gasteiger partial charge is 0.295 e. The quantitative estimate of drug-likeness (QED) is 0.245. The molecule has 0 spiro atoms. The summed E-state index contributed by atoms with van der Waals surface area (Å²) in [6.45, 7) is 6.21. The van der Waals surface area contributed by atoms with Gasteiger partial charge in [0, 0.05) is 31.7 Å². The number of morpholine rings is 1. The van der Waals surface area contributed by atoms with Crippen LogP contribution in [0.15, 0.2) is 78.4 Å². The third kappa shape index (κ3) is 6.03. The van der Waals surface area contributed by atoms with Crippen LogP contribution in [0.3, 0.4) is 0 Å². The Morgan fingerprint density at radius 2 is 1.70 bits per heavy atom. The summed E-state index contributed by atoms with van der Waals surface area (Å²) < 4.78 is 16.8. The van der Waals surface area contributed by atoms with Gasteiger partial charge in [0.05, 0.1) is 31.9 Å². The molecule has 1 unspecified atom stereocenters. The Morgan fingerprint density at radius 1 is 0.950 bits per heavy atom. The molecule has 1 N–H and O–H groups in total. The van der Waals surface area contributed by atoms with Crippen LogP contribution in [0.1, 0.15) is 28.3 Å². The molecule has 3 aromatic rings. The van der Waals surface area contributed by atoms with E-state index in [4.69, 9.17) is 14.2 Å². The van der Waals surface area contributed by atoms with E-state index >= 15 is 0 Å². The van der Waals surface area contributed by atoms with Crippen molar-refractivity contribution in [2.75, 3.05) is 46.5 Å². The van der Waals surface area contributed by atoms with Gasteiger partial charge in [-0.25, -0.2) is 0 Å². The molecule has 208 valence electrons. The molecule has 1 atom stereocenters. The zero-order valence-corrected chi connectivity index (χ0v) is 22.8. The molecule has 0 aromatic heterocycles. The fraction of sp³-hybridized carbons (Fsp3) is 0.312. The summed E-state index contributed by atoms with van der Waals surface area (Å²) in [7, 11) is 1.57. The SMILES string of the molecule is COc1cccc(C2/C(=C(/O)c3ccc(OCc4cccc(C)c4)cc3)C(=O)C(=O)N2CCN2CCOCC2)c1. The number of Topliss-reactive ketones (excluding diaryl/α,β-unsaturated/α-hetero) is 1. The minimum atomic E-state index is -0.742. The Kier molecular flexibility index (Phi) is 8.48. The molecule has 0 bridgehead atoms. The molecule has 2 fully saturated rings. The number of hydrogen-bond acceptors (Lipinski definition) is 7. The van der Waals surface area contributed by atoms with E-state index < -0.39 is 17.7 Å². The number of carbonyl (C=O) groups is 2. The van der Waals surface area contributed by atoms with E-state index in [0.29, 0.717) is 55.5 Å². The van der Waals surface area contributed by atoms with Gasteiger partial charge in [0.1, 0.15) is 23.9 Å². The van der Waals surface area contributed by atoms with Gasteiger partial charge in [-0.3, -0.25) is 14.5 Å². The van der Waals surface area contributed by atoms with E-state index in [1.165, 1.54) is 0 Å². The zero-order chi connectivity index (χ0) is 28.1. The normalized spacial score (nSPS) is 19.1. The molecule has 8 heteroatoms. The van der Waals surface area contributed by atoms with Crippen LogP contribution in [-0.2, 0) is 20.9 Å². The topological polar surface area (TPSA) is 88.5 Å². The Balaban J connectivity index is 1.42. The third-order valence-corrected chi connectivity index (χ3v) is 7.33. The summed E-state index contributed by atoms with van der Waals surface area (Å²) in [5.41, 5.74) is 3.41. The average Bonchev–Trinajstić information content (AvgIpc) is 3.24. The third-order valence-electron chi connectivity index (χ3n) is 7.33. The van der Waals surface area contributed by atoms with E-state index in [2.05, 4.69) is 11.0 Å². The van der Waals surface area contributed by atoms with Crippen molar-refractivity contribution in [3.8, 4) is 11.5 Å². The molecule has 2 saturated heterocycles. The lowest BCUT2D eigenvalue weighted by Crippen LogP contribution is -2.42. The van der Waals surface area contributed by atoms with E-state index in [1.54, 1.807) is 48.4 Å². The number of likely N-dealkylation sites (tertiary alicyclic amines) is 1. The van der Waals surface area contributed by atoms with Crippen molar-refractivity contribution in [1.29, 1.82) is 0 Å². The van der Waals surface area contributed by atoms with Gasteiger partial charge in [-0.15, -0.1) is 0 Å². The first-order chi connectivity index (χ1) is 19.4. The second-order valence-electron chi connectivity index (χ2n) is 10.0. The first-order valence-corrected chi connectivity index (χ1v) is 13.5. The molecule has 0 radical (unpaired) electrons. The summed E-state index contributed by atoms with van der Waals surface area (Å²) in [5, 5.41) is 11.4. The Labute approximate surface area is 234 Å². The minimum absolute atomic E-state index is 0.0636. The standard InChI is InChI=1S/C32H34N2O6/c1-22-5-3-6-23(19-22)21-40-26-11-9-24(10-12-26)30(35)28-29(25-7-4-8-27(20-25)38-2)34(32(37)31(28)36)14-13-33-15-17-39-18-16-33/h3-12,19-20,29,35H,13-18,21H2,1-2H3/b30-28-. The van der Waals surface area contributed by atoms with E-state index in [-0.39, 0.29) is 11.3 Å². The minimum Gasteiger partial charge on any atom is -0.507 e. The molecule has 0 saturated carbocycles. The maximum Gasteiger partial charge on any atom is 0.295 e. The highest BCUT2D eigenvalue weighted by Crippen LogP contribution is 2.40. The molecule has 8 nitrogen and oxygen atoms in total. The second-order valence-corrected chi connectivity index (χ2v) is 10.0. The largest absolute Gasteiger partial charge is 0.507 e. The van der Waals surface area contributed by atoms with Crippen LogP contribution >= 0.6 is 0 Å². The number of amides is 1. The van der Waals surface area contributed by atoms with E-state index in [9.17, 15) is 14.7 Å². The van der Waals surface area contributed by atoms with Gasteiger partial charge in [-0.05, 0) is 54.4 Å². The number of aryl methyl sites for hydroxylation is 1. The number of methoxy groups -OCH3 is 1. The van der Waals surface area contributed by atoms with Crippen LogP contribution in [0.5, 0.6) is 11.5 Å². The van der Waals surface area contributed by atoms with Crippen molar-refractivity contribution < 1.29 is 28.9 Å². The summed E-state index contributed by atoms with van der Waals surface area (Å²) >= 11 is 0. The Hall–Kier alpha value is -4.14. The number of ether oxygens (including phenoxy) is 3. The number of aliphatic hydroxyl groups is 1. The molecule has 2 heterocycles. The molecule has 2 aliphatic heterocycles. The number of carbonyl (C=O) groups excluding carboxylic acids is 2. The predicted molar refractivity (Wildman–Crippen MR) is 151 cm³/mol. The number of nitrogens with zero attached hydrogens (tertiary/aromatic N) is 2. The van der Waals surface area contributed by atoms with Gasteiger partial charge in [-0.2, -0.15) is 0 Å². The van der Waals surface area contributed by atoms with E-state index in [1.807, 2.05) is 37.3 Å². The van der Waals surface area contributed by atoms with Crippen molar-refractivity contribution in [3.63, 3.8) is 0 Å². The zero-order valence-electron chi connectivity index (χ0n) is 22.8. The highest BCUT2D eigenvalue weighted by molar-refractivity contribution is 6.46. The first-order valence-electron chi connectivity index (χ1n) is 13.5. The maximum absolute atomic E-state index is 13.4. The van der Waals surface area contributed by atoms with Gasteiger partial charge in [0.15, 0.2) is 0 Å². The number of rotatable bonds is 9. The van der Waals surface area contributed by atoms with E-state index in [0.717, 1.165) is 24.2 Å². The fourth-order valence-corrected chi connectivity index (χ4v) is 5.18. The first kappa shape index (κ1) is 27.4. The van der Waals surface area contributed by atoms with Crippen LogP contribution in [0.2, 0.25) is 0 Å². The highest BCUT2D eigenvalue weighted by atomic mass is 16.5. The van der Waals surface area contributed by atoms with Gasteiger partial charge in [0.25, 0.3) is 11.7 Å². The number of aliphatic hydroxyl groups excluding tert-OH is 1. The number of ketones is 1. The van der Waals surface area contributed by atoms with Gasteiger partial charge in [0.2, 0.25) is 0 Å². The van der Waals surface area contributed by atoms with Crippen LogP contribution in [0.25, 0.3) is 5.76 Å². The molecule has 0 aliphatic carbocycles. The van der Waals surface area contributed by atoms with Crippen molar-refractivity contribution >= 4 is 17.4 Å². The van der Waals surface area contributed by atoms with Crippen LogP contribution in [0, 0.1) is 6.92 Å². The molecule has 3 aromatic carbocycles. The van der Waals surface area contributed by atoms with Crippen molar-refractivity contribution in [1.82, 2.24) is 9.80 Å². The second kappa shape index (κ2) is 12.4. The lowest BCUT2D eigenvalue weighted by Gasteiger charge is -2.31. The van der Waals surface area contributed by atoms with Crippen LogP contribution in [0.4, 0.5) is 0 Å². The molecular weight excluding hydrogens is 508 g/mol. The Bertz CT molecular complexity index is 1390. The molecular formula is C32H34N2O6. The lowest BCUT2D eigenvalue weighted by molar-refractivity contribution is -0.140. The molecule has 40 heavy (non-hydrogen) atoms. The monoisotopic (exact) mass is 542 g/mol. The van der Waals surface area contributed by atoms with Gasteiger partial charge >= 0.3 is 0 Å². The summed E-state index contributed by atoms with van der Waals surface area (Å²) in [4.78, 5) is 30.4. The Morgan fingerprint density at radius 3 is 2.42 bits per heavy atom. The van der Waals surface area contributed by atoms with Gasteiger partial charge < -0.3 is 24.2 Å². The van der Waals surface area contributed by atoms with Gasteiger partial charge in [-0.1, -0.05) is 42.0 Å². The summed E-state index contributed by atoms with van der Waals surface area (Å²) in [6.07, 6.45) is 0. The molecule has 5 rings (SSSR count). The lowest BCUT2D eigenvalue weighted by atomic mass is 9.95. The van der Waals surface area contributed by atoms with Crippen LogP contribution < -0.4 is 9.47 Å². The average molecular weight is 543 g/mol. The maximum atomic E-state index is 13.4. The number of benzene rings is 3. The van der Waals surface area contributed by atoms with Crippen molar-refractivity contribution in [2.24, 2.45) is 0 Å². The highest BCUT2D eigenvalue weighted by Gasteiger charge is 2.46. The summed E-state index contributed by atoms with van der Waals surface area (Å²) in [5.74, 6) is -0.308. The fourth-order valence-electron chi connectivity index (χ4n) is 5.18. The number of hydrogen-bond donors (Lipinski definition) is 1. The molecule has 1 amide bonds. The predicted octanol–water partition coefficient (Wildman–Crippen LogP) is 4.34. The molecule has 2 aliphatic rings. The van der Waals surface area contributed by atoms with Crippen molar-refractivity contribution in [2.45, 2.75) is 19.6 Å². The van der Waals surface area contributed by atoms with Crippen LogP contribution in [-0.4, -0.2) is 73.1 Å². The van der Waals surface area contributed by atoms with Crippen molar-refractivity contribution in [3.05, 3.63) is 101 Å². The summed E-state index contributed by atoms with van der Waals surface area (Å²) in [6, 6.07) is 21.5.